The van der Waals surface area contributed by atoms with E-state index in [4.69, 9.17) is 5.26 Å². The molecule has 0 aliphatic carbocycles. The third kappa shape index (κ3) is 3.78. The lowest BCUT2D eigenvalue weighted by Gasteiger charge is -1.93. The average Bonchev–Trinajstić information content (AvgIpc) is 2.27. The van der Waals surface area contributed by atoms with Gasteiger partial charge in [0.25, 0.3) is 0 Å². The lowest BCUT2D eigenvalue weighted by atomic mass is 10.1. The summed E-state index contributed by atoms with van der Waals surface area (Å²) in [6.07, 6.45) is 4.83. The van der Waals surface area contributed by atoms with Crippen molar-refractivity contribution < 1.29 is 4.79 Å². The Hall–Kier alpha value is -1.88. The molecular formula is C13H13NO. The molecule has 2 heteroatoms. The van der Waals surface area contributed by atoms with Crippen LogP contribution in [0.4, 0.5) is 0 Å². The number of rotatable bonds is 4. The first-order valence-corrected chi connectivity index (χ1v) is 4.97. The first-order valence-electron chi connectivity index (χ1n) is 4.97. The summed E-state index contributed by atoms with van der Waals surface area (Å²) in [5.41, 5.74) is 1.57. The van der Waals surface area contributed by atoms with Gasteiger partial charge in [0, 0.05) is 6.42 Å². The Bertz CT molecular complexity index is 396. The first-order chi connectivity index (χ1) is 7.26. The molecule has 0 atom stereocenters. The summed E-state index contributed by atoms with van der Waals surface area (Å²) in [5, 5.41) is 8.59. The zero-order chi connectivity index (χ0) is 11.1. The van der Waals surface area contributed by atoms with Gasteiger partial charge in [-0.05, 0) is 30.2 Å². The normalized spacial score (nSPS) is 10.1. The SMILES string of the molecule is CCCC(=O)C=Cc1ccc(C#N)cc1. The fraction of sp³-hybridized carbons (Fsp3) is 0.231. The summed E-state index contributed by atoms with van der Waals surface area (Å²) < 4.78 is 0. The molecule has 0 amide bonds. The number of hydrogen-bond acceptors (Lipinski definition) is 2. The smallest absolute Gasteiger partial charge is 0.155 e. The van der Waals surface area contributed by atoms with Crippen LogP contribution in [0.15, 0.2) is 30.3 Å². The molecular weight excluding hydrogens is 186 g/mol. The molecule has 0 saturated carbocycles. The Morgan fingerprint density at radius 2 is 2.07 bits per heavy atom. The number of ketones is 1. The van der Waals surface area contributed by atoms with E-state index in [9.17, 15) is 4.79 Å². The highest BCUT2D eigenvalue weighted by atomic mass is 16.1. The van der Waals surface area contributed by atoms with Crippen molar-refractivity contribution in [2.24, 2.45) is 0 Å². The Morgan fingerprint density at radius 1 is 1.40 bits per heavy atom. The molecule has 0 aromatic heterocycles. The third-order valence-corrected chi connectivity index (χ3v) is 2.00. The average molecular weight is 199 g/mol. The molecule has 1 rings (SSSR count). The second-order valence-electron chi connectivity index (χ2n) is 3.28. The van der Waals surface area contributed by atoms with Gasteiger partial charge in [0.15, 0.2) is 5.78 Å². The van der Waals surface area contributed by atoms with Gasteiger partial charge in [-0.25, -0.2) is 0 Å². The van der Waals surface area contributed by atoms with E-state index in [2.05, 4.69) is 0 Å². The highest BCUT2D eigenvalue weighted by Crippen LogP contribution is 2.05. The van der Waals surface area contributed by atoms with Crippen LogP contribution in [0, 0.1) is 11.3 Å². The third-order valence-electron chi connectivity index (χ3n) is 2.00. The molecule has 0 radical (unpaired) electrons. The Morgan fingerprint density at radius 3 is 2.60 bits per heavy atom. The number of benzene rings is 1. The maximum atomic E-state index is 11.2. The second kappa shape index (κ2) is 5.77. The molecule has 0 bridgehead atoms. The summed E-state index contributed by atoms with van der Waals surface area (Å²) in [6, 6.07) is 9.18. The molecule has 0 N–H and O–H groups in total. The second-order valence-corrected chi connectivity index (χ2v) is 3.28. The highest BCUT2D eigenvalue weighted by Gasteiger charge is 1.93. The van der Waals surface area contributed by atoms with Crippen molar-refractivity contribution in [3.05, 3.63) is 41.5 Å². The summed E-state index contributed by atoms with van der Waals surface area (Å²) >= 11 is 0. The van der Waals surface area contributed by atoms with Crippen LogP contribution in [0.1, 0.15) is 30.9 Å². The van der Waals surface area contributed by atoms with Crippen molar-refractivity contribution in [3.8, 4) is 6.07 Å². The quantitative estimate of drug-likeness (QED) is 0.699. The first kappa shape index (κ1) is 11.2. The van der Waals surface area contributed by atoms with Crippen molar-refractivity contribution >= 4 is 11.9 Å². The molecule has 2 nitrogen and oxygen atoms in total. The minimum atomic E-state index is 0.141. The van der Waals surface area contributed by atoms with Gasteiger partial charge in [0.1, 0.15) is 0 Å². The van der Waals surface area contributed by atoms with Gasteiger partial charge in [0.05, 0.1) is 11.6 Å². The van der Waals surface area contributed by atoms with E-state index in [0.717, 1.165) is 12.0 Å². The Labute approximate surface area is 89.9 Å². The molecule has 0 saturated heterocycles. The lowest BCUT2D eigenvalue weighted by Crippen LogP contribution is -1.89. The van der Waals surface area contributed by atoms with Crippen LogP contribution in [-0.4, -0.2) is 5.78 Å². The van der Waals surface area contributed by atoms with E-state index in [1.165, 1.54) is 0 Å². The van der Waals surface area contributed by atoms with Crippen LogP contribution in [-0.2, 0) is 4.79 Å². The molecule has 0 aliphatic rings. The predicted octanol–water partition coefficient (Wildman–Crippen LogP) is 2.94. The van der Waals surface area contributed by atoms with Crippen molar-refractivity contribution in [2.45, 2.75) is 19.8 Å². The van der Waals surface area contributed by atoms with Crippen molar-refractivity contribution in [2.75, 3.05) is 0 Å². The molecule has 76 valence electrons. The Balaban J connectivity index is 2.65. The topological polar surface area (TPSA) is 40.9 Å². The molecule has 1 aromatic carbocycles. The predicted molar refractivity (Wildman–Crippen MR) is 60.1 cm³/mol. The molecule has 15 heavy (non-hydrogen) atoms. The van der Waals surface area contributed by atoms with Crippen LogP contribution in [0.2, 0.25) is 0 Å². The van der Waals surface area contributed by atoms with E-state index in [-0.39, 0.29) is 5.78 Å². The fourth-order valence-electron chi connectivity index (χ4n) is 1.19. The van der Waals surface area contributed by atoms with Crippen molar-refractivity contribution in [3.63, 3.8) is 0 Å². The lowest BCUT2D eigenvalue weighted by molar-refractivity contribution is -0.114. The largest absolute Gasteiger partial charge is 0.295 e. The number of nitrogens with zero attached hydrogens (tertiary/aromatic N) is 1. The number of carbonyl (C=O) groups excluding carboxylic acids is 1. The molecule has 0 aliphatic heterocycles. The highest BCUT2D eigenvalue weighted by molar-refractivity contribution is 5.93. The van der Waals surface area contributed by atoms with E-state index < -0.39 is 0 Å². The van der Waals surface area contributed by atoms with E-state index in [0.29, 0.717) is 12.0 Å². The van der Waals surface area contributed by atoms with Gasteiger partial charge >= 0.3 is 0 Å². The van der Waals surface area contributed by atoms with Gasteiger partial charge in [-0.15, -0.1) is 0 Å². The number of nitriles is 1. The molecule has 0 fully saturated rings. The Kier molecular flexibility index (Phi) is 4.30. The maximum Gasteiger partial charge on any atom is 0.155 e. The van der Waals surface area contributed by atoms with Gasteiger partial charge in [0.2, 0.25) is 0 Å². The maximum absolute atomic E-state index is 11.2. The number of allylic oxidation sites excluding steroid dienone is 1. The van der Waals surface area contributed by atoms with E-state index in [1.54, 1.807) is 24.3 Å². The van der Waals surface area contributed by atoms with Gasteiger partial charge in [-0.1, -0.05) is 25.1 Å². The fourth-order valence-corrected chi connectivity index (χ4v) is 1.19. The number of hydrogen-bond donors (Lipinski definition) is 0. The molecule has 0 spiro atoms. The van der Waals surface area contributed by atoms with Crippen LogP contribution in [0.25, 0.3) is 6.08 Å². The zero-order valence-corrected chi connectivity index (χ0v) is 8.73. The van der Waals surface area contributed by atoms with Crippen LogP contribution in [0.5, 0.6) is 0 Å². The van der Waals surface area contributed by atoms with Gasteiger partial charge in [-0.3, -0.25) is 4.79 Å². The number of carbonyl (C=O) groups is 1. The minimum Gasteiger partial charge on any atom is -0.295 e. The van der Waals surface area contributed by atoms with Crippen molar-refractivity contribution in [1.82, 2.24) is 0 Å². The van der Waals surface area contributed by atoms with Crippen LogP contribution >= 0.6 is 0 Å². The van der Waals surface area contributed by atoms with Crippen molar-refractivity contribution in [1.29, 1.82) is 5.26 Å². The van der Waals surface area contributed by atoms with E-state index >= 15 is 0 Å². The summed E-state index contributed by atoms with van der Waals surface area (Å²) in [7, 11) is 0. The molecule has 0 heterocycles. The van der Waals surface area contributed by atoms with Gasteiger partial charge in [-0.2, -0.15) is 5.26 Å². The van der Waals surface area contributed by atoms with Crippen LogP contribution in [0.3, 0.4) is 0 Å². The van der Waals surface area contributed by atoms with Crippen LogP contribution < -0.4 is 0 Å². The summed E-state index contributed by atoms with van der Waals surface area (Å²) in [5.74, 6) is 0.141. The van der Waals surface area contributed by atoms with Gasteiger partial charge < -0.3 is 0 Å². The molecule has 1 aromatic rings. The molecule has 0 unspecified atom stereocenters. The summed E-state index contributed by atoms with van der Waals surface area (Å²) in [4.78, 5) is 11.2. The summed E-state index contributed by atoms with van der Waals surface area (Å²) in [6.45, 7) is 1.98. The minimum absolute atomic E-state index is 0.141. The monoisotopic (exact) mass is 199 g/mol. The zero-order valence-electron chi connectivity index (χ0n) is 8.73. The standard InChI is InChI=1S/C13H13NO/c1-2-3-13(15)9-8-11-4-6-12(10-14)7-5-11/h4-9H,2-3H2,1H3. The van der Waals surface area contributed by atoms with E-state index in [1.807, 2.05) is 25.1 Å².